The predicted molar refractivity (Wildman–Crippen MR) is 83.2 cm³/mol. The fourth-order valence-corrected chi connectivity index (χ4v) is 3.50. The summed E-state index contributed by atoms with van der Waals surface area (Å²) >= 11 is 0. The Morgan fingerprint density at radius 3 is 2.52 bits per heavy atom. The maximum atomic E-state index is 13.9. The molecule has 0 bridgehead atoms. The van der Waals surface area contributed by atoms with Crippen molar-refractivity contribution in [3.8, 4) is 0 Å². The molecule has 2 N–H and O–H groups in total. The minimum absolute atomic E-state index is 0.0308. The van der Waals surface area contributed by atoms with Crippen LogP contribution in [0.5, 0.6) is 0 Å². The predicted octanol–water partition coefficient (Wildman–Crippen LogP) is 2.71. The first-order chi connectivity index (χ1) is 9.92. The number of halogens is 1. The van der Waals surface area contributed by atoms with Crippen LogP contribution >= 0.6 is 0 Å². The Labute approximate surface area is 127 Å². The lowest BCUT2D eigenvalue weighted by molar-refractivity contribution is 0.567. The van der Waals surface area contributed by atoms with Crippen molar-refractivity contribution < 1.29 is 12.8 Å². The molecule has 120 valence electrons. The summed E-state index contributed by atoms with van der Waals surface area (Å²) in [7, 11) is -1.93. The standard InChI is InChI=1S/C15H25FN2O2S/c1-4-5-6-7-8-18-21(19,20)15-10-13(11-17-3)9-14(16)12(15)2/h9-10,17-18H,4-8,11H2,1-3H3. The monoisotopic (exact) mass is 316 g/mol. The van der Waals surface area contributed by atoms with Crippen molar-refractivity contribution in [2.45, 2.75) is 51.0 Å². The molecule has 0 atom stereocenters. The lowest BCUT2D eigenvalue weighted by Crippen LogP contribution is -2.26. The van der Waals surface area contributed by atoms with Crippen LogP contribution in [0.2, 0.25) is 0 Å². The maximum Gasteiger partial charge on any atom is 0.240 e. The molecule has 0 amide bonds. The first-order valence-electron chi connectivity index (χ1n) is 7.35. The van der Waals surface area contributed by atoms with Gasteiger partial charge in [0.05, 0.1) is 4.90 Å². The highest BCUT2D eigenvalue weighted by atomic mass is 32.2. The number of hydrogen-bond donors (Lipinski definition) is 2. The quantitative estimate of drug-likeness (QED) is 0.689. The van der Waals surface area contributed by atoms with Crippen LogP contribution in [-0.2, 0) is 16.6 Å². The zero-order chi connectivity index (χ0) is 15.9. The SMILES string of the molecule is CCCCCCNS(=O)(=O)c1cc(CNC)cc(F)c1C. The van der Waals surface area contributed by atoms with Gasteiger partial charge in [0.25, 0.3) is 0 Å². The van der Waals surface area contributed by atoms with Gasteiger partial charge in [0.15, 0.2) is 0 Å². The van der Waals surface area contributed by atoms with E-state index in [1.54, 1.807) is 7.05 Å². The molecule has 0 unspecified atom stereocenters. The molecule has 21 heavy (non-hydrogen) atoms. The zero-order valence-corrected chi connectivity index (χ0v) is 13.8. The number of benzene rings is 1. The smallest absolute Gasteiger partial charge is 0.240 e. The second kappa shape index (κ2) is 8.46. The summed E-state index contributed by atoms with van der Waals surface area (Å²) in [6, 6.07) is 2.90. The number of nitrogens with one attached hydrogen (secondary N) is 2. The van der Waals surface area contributed by atoms with Gasteiger partial charge in [-0.25, -0.2) is 17.5 Å². The summed E-state index contributed by atoms with van der Waals surface area (Å²) in [5.41, 5.74) is 0.780. The molecule has 0 aromatic heterocycles. The van der Waals surface area contributed by atoms with Crippen LogP contribution in [0.25, 0.3) is 0 Å². The Hall–Kier alpha value is -0.980. The average Bonchev–Trinajstić information content (AvgIpc) is 2.42. The molecular formula is C15H25FN2O2S. The van der Waals surface area contributed by atoms with Crippen molar-refractivity contribution in [1.29, 1.82) is 0 Å². The van der Waals surface area contributed by atoms with Crippen LogP contribution in [0.1, 0.15) is 43.7 Å². The molecule has 0 saturated heterocycles. The maximum absolute atomic E-state index is 13.9. The fourth-order valence-electron chi connectivity index (χ4n) is 2.13. The van der Waals surface area contributed by atoms with E-state index < -0.39 is 15.8 Å². The van der Waals surface area contributed by atoms with Gasteiger partial charge in [-0.2, -0.15) is 0 Å². The third kappa shape index (κ3) is 5.37. The molecule has 4 nitrogen and oxygen atoms in total. The number of hydrogen-bond acceptors (Lipinski definition) is 3. The Bertz CT molecular complexity index is 559. The van der Waals surface area contributed by atoms with Gasteiger partial charge in [0, 0.05) is 18.7 Å². The fraction of sp³-hybridized carbons (Fsp3) is 0.600. The number of unbranched alkanes of at least 4 members (excludes halogenated alkanes) is 3. The molecule has 0 aliphatic rings. The lowest BCUT2D eigenvalue weighted by Gasteiger charge is -2.12. The van der Waals surface area contributed by atoms with Crippen LogP contribution < -0.4 is 10.0 Å². The molecule has 1 aromatic carbocycles. The average molecular weight is 316 g/mol. The molecular weight excluding hydrogens is 291 g/mol. The van der Waals surface area contributed by atoms with E-state index in [0.717, 1.165) is 25.7 Å². The molecule has 0 saturated carbocycles. The van der Waals surface area contributed by atoms with E-state index in [9.17, 15) is 12.8 Å². The molecule has 0 aliphatic heterocycles. The lowest BCUT2D eigenvalue weighted by atomic mass is 10.1. The van der Waals surface area contributed by atoms with Gasteiger partial charge in [0.1, 0.15) is 5.82 Å². The molecule has 0 aliphatic carbocycles. The van der Waals surface area contributed by atoms with Crippen molar-refractivity contribution in [3.05, 3.63) is 29.1 Å². The van der Waals surface area contributed by atoms with E-state index >= 15 is 0 Å². The van der Waals surface area contributed by atoms with Crippen LogP contribution in [0.3, 0.4) is 0 Å². The van der Waals surface area contributed by atoms with Crippen LogP contribution in [0.15, 0.2) is 17.0 Å². The van der Waals surface area contributed by atoms with Gasteiger partial charge in [-0.1, -0.05) is 26.2 Å². The van der Waals surface area contributed by atoms with Gasteiger partial charge in [-0.15, -0.1) is 0 Å². The van der Waals surface area contributed by atoms with Gasteiger partial charge in [-0.3, -0.25) is 0 Å². The Morgan fingerprint density at radius 2 is 1.90 bits per heavy atom. The Morgan fingerprint density at radius 1 is 1.19 bits per heavy atom. The van der Waals surface area contributed by atoms with E-state index in [2.05, 4.69) is 17.0 Å². The first kappa shape index (κ1) is 18.1. The molecule has 0 spiro atoms. The topological polar surface area (TPSA) is 58.2 Å². The summed E-state index contributed by atoms with van der Waals surface area (Å²) in [4.78, 5) is 0.0308. The van der Waals surface area contributed by atoms with Crippen molar-refractivity contribution in [2.75, 3.05) is 13.6 Å². The second-order valence-corrected chi connectivity index (χ2v) is 6.92. The molecule has 0 heterocycles. The summed E-state index contributed by atoms with van der Waals surface area (Å²) in [5, 5.41) is 2.89. The Kier molecular flexibility index (Phi) is 7.28. The first-order valence-corrected chi connectivity index (χ1v) is 8.84. The van der Waals surface area contributed by atoms with Crippen molar-refractivity contribution in [1.82, 2.24) is 10.0 Å². The van der Waals surface area contributed by atoms with E-state index in [0.29, 0.717) is 18.7 Å². The van der Waals surface area contributed by atoms with Crippen molar-refractivity contribution >= 4 is 10.0 Å². The van der Waals surface area contributed by atoms with Gasteiger partial charge < -0.3 is 5.32 Å². The normalized spacial score (nSPS) is 11.8. The summed E-state index contributed by atoms with van der Waals surface area (Å²) in [5.74, 6) is -0.492. The van der Waals surface area contributed by atoms with Gasteiger partial charge in [-0.05, 0) is 38.1 Å². The highest BCUT2D eigenvalue weighted by Crippen LogP contribution is 2.20. The third-order valence-electron chi connectivity index (χ3n) is 3.35. The second-order valence-electron chi connectivity index (χ2n) is 5.19. The van der Waals surface area contributed by atoms with E-state index in [-0.39, 0.29) is 10.5 Å². The summed E-state index contributed by atoms with van der Waals surface area (Å²) < 4.78 is 41.0. The molecule has 0 fully saturated rings. The number of rotatable bonds is 9. The van der Waals surface area contributed by atoms with Crippen molar-refractivity contribution in [2.24, 2.45) is 0 Å². The minimum Gasteiger partial charge on any atom is -0.316 e. The van der Waals surface area contributed by atoms with Crippen LogP contribution in [0, 0.1) is 12.7 Å². The highest BCUT2D eigenvalue weighted by molar-refractivity contribution is 7.89. The van der Waals surface area contributed by atoms with Gasteiger partial charge >= 0.3 is 0 Å². The largest absolute Gasteiger partial charge is 0.316 e. The van der Waals surface area contributed by atoms with Gasteiger partial charge in [0.2, 0.25) is 10.0 Å². The number of sulfonamides is 1. The van der Waals surface area contributed by atoms with E-state index in [1.165, 1.54) is 19.1 Å². The van der Waals surface area contributed by atoms with Crippen LogP contribution in [-0.4, -0.2) is 22.0 Å². The molecule has 6 heteroatoms. The van der Waals surface area contributed by atoms with Crippen molar-refractivity contribution in [3.63, 3.8) is 0 Å². The highest BCUT2D eigenvalue weighted by Gasteiger charge is 2.19. The van der Waals surface area contributed by atoms with E-state index in [1.807, 2.05) is 0 Å². The van der Waals surface area contributed by atoms with E-state index in [4.69, 9.17) is 0 Å². The molecule has 1 aromatic rings. The van der Waals surface area contributed by atoms with Crippen LogP contribution in [0.4, 0.5) is 4.39 Å². The third-order valence-corrected chi connectivity index (χ3v) is 4.94. The summed E-state index contributed by atoms with van der Waals surface area (Å²) in [6.45, 7) is 4.41. The summed E-state index contributed by atoms with van der Waals surface area (Å²) in [6.07, 6.45) is 3.98. The minimum atomic E-state index is -3.66. The Balaban J connectivity index is 2.86. The molecule has 1 rings (SSSR count). The zero-order valence-electron chi connectivity index (χ0n) is 13.0. The molecule has 0 radical (unpaired) electrons.